The molecule has 0 unspecified atom stereocenters. The standard InChI is InChI=1S/C9H14BrN3S.ClH/c10-8-5-12-9(14-8)6-13-3-1-7(11)2-4-13;/h5,7H,1-4,6,11H2;1H. The Bertz CT molecular complexity index is 299. The van der Waals surface area contributed by atoms with Gasteiger partial charge in [0.25, 0.3) is 0 Å². The summed E-state index contributed by atoms with van der Waals surface area (Å²) in [4.78, 5) is 6.75. The lowest BCUT2D eigenvalue weighted by Crippen LogP contribution is -2.39. The van der Waals surface area contributed by atoms with Gasteiger partial charge in [0.2, 0.25) is 0 Å². The first-order valence-corrected chi connectivity index (χ1v) is 6.43. The number of rotatable bonds is 2. The molecular weight excluding hydrogens is 298 g/mol. The molecule has 2 N–H and O–H groups in total. The molecule has 15 heavy (non-hydrogen) atoms. The molecule has 1 aromatic rings. The first-order chi connectivity index (χ1) is 6.74. The van der Waals surface area contributed by atoms with Gasteiger partial charge in [-0.3, -0.25) is 4.90 Å². The number of hydrogen-bond acceptors (Lipinski definition) is 4. The predicted octanol–water partition coefficient (Wildman–Crippen LogP) is 2.25. The van der Waals surface area contributed by atoms with E-state index in [0.717, 1.165) is 36.3 Å². The maximum absolute atomic E-state index is 5.85. The van der Waals surface area contributed by atoms with E-state index in [1.165, 1.54) is 5.01 Å². The first kappa shape index (κ1) is 13.4. The Labute approximate surface area is 109 Å². The van der Waals surface area contributed by atoms with E-state index in [-0.39, 0.29) is 12.4 Å². The van der Waals surface area contributed by atoms with Crippen LogP contribution >= 0.6 is 39.7 Å². The summed E-state index contributed by atoms with van der Waals surface area (Å²) in [5.74, 6) is 0. The fourth-order valence-electron chi connectivity index (χ4n) is 1.66. The number of nitrogens with two attached hydrogens (primary N) is 1. The van der Waals surface area contributed by atoms with Gasteiger partial charge < -0.3 is 5.73 Å². The second-order valence-electron chi connectivity index (χ2n) is 3.67. The van der Waals surface area contributed by atoms with Gasteiger partial charge in [-0.25, -0.2) is 4.98 Å². The lowest BCUT2D eigenvalue weighted by molar-refractivity contribution is 0.205. The van der Waals surface area contributed by atoms with E-state index in [9.17, 15) is 0 Å². The lowest BCUT2D eigenvalue weighted by atomic mass is 10.1. The van der Waals surface area contributed by atoms with E-state index in [2.05, 4.69) is 25.8 Å². The van der Waals surface area contributed by atoms with Crippen molar-refractivity contribution < 1.29 is 0 Å². The molecule has 1 aliphatic heterocycles. The van der Waals surface area contributed by atoms with Crippen LogP contribution in [-0.4, -0.2) is 29.0 Å². The van der Waals surface area contributed by atoms with Crippen LogP contribution in [0.25, 0.3) is 0 Å². The molecule has 1 aromatic heterocycles. The summed E-state index contributed by atoms with van der Waals surface area (Å²) in [5, 5.41) is 1.19. The summed E-state index contributed by atoms with van der Waals surface area (Å²) in [6.45, 7) is 3.19. The molecule has 0 aliphatic carbocycles. The SMILES string of the molecule is Cl.NC1CCN(Cc2ncc(Br)s2)CC1. The third-order valence-corrected chi connectivity index (χ3v) is 3.98. The highest BCUT2D eigenvalue weighted by Gasteiger charge is 2.16. The second kappa shape index (κ2) is 6.15. The number of halogens is 2. The number of likely N-dealkylation sites (tertiary alicyclic amines) is 1. The highest BCUT2D eigenvalue weighted by Crippen LogP contribution is 2.21. The van der Waals surface area contributed by atoms with Crippen LogP contribution < -0.4 is 5.73 Å². The van der Waals surface area contributed by atoms with Gasteiger partial charge in [-0.1, -0.05) is 0 Å². The van der Waals surface area contributed by atoms with Crippen molar-refractivity contribution in [2.75, 3.05) is 13.1 Å². The summed E-state index contributed by atoms with van der Waals surface area (Å²) in [6, 6.07) is 0.411. The molecule has 0 spiro atoms. The number of hydrogen-bond donors (Lipinski definition) is 1. The van der Waals surface area contributed by atoms with Gasteiger partial charge in [-0.2, -0.15) is 0 Å². The van der Waals surface area contributed by atoms with Gasteiger partial charge in [-0.05, 0) is 28.8 Å². The normalized spacial score (nSPS) is 18.8. The number of thiazole rings is 1. The summed E-state index contributed by atoms with van der Waals surface area (Å²) < 4.78 is 1.11. The topological polar surface area (TPSA) is 42.1 Å². The van der Waals surface area contributed by atoms with Crippen molar-refractivity contribution in [3.8, 4) is 0 Å². The van der Waals surface area contributed by atoms with Crippen molar-refractivity contribution in [1.29, 1.82) is 0 Å². The largest absolute Gasteiger partial charge is 0.328 e. The Kier molecular flexibility index (Phi) is 5.49. The van der Waals surface area contributed by atoms with Crippen molar-refractivity contribution in [2.24, 2.45) is 5.73 Å². The lowest BCUT2D eigenvalue weighted by Gasteiger charge is -2.29. The minimum absolute atomic E-state index is 0. The van der Waals surface area contributed by atoms with Crippen LogP contribution in [0.3, 0.4) is 0 Å². The highest BCUT2D eigenvalue weighted by molar-refractivity contribution is 9.11. The van der Waals surface area contributed by atoms with Gasteiger partial charge in [0.15, 0.2) is 0 Å². The molecule has 2 heterocycles. The van der Waals surface area contributed by atoms with Crippen LogP contribution in [0.2, 0.25) is 0 Å². The van der Waals surface area contributed by atoms with Crippen molar-refractivity contribution in [3.05, 3.63) is 15.0 Å². The van der Waals surface area contributed by atoms with Gasteiger partial charge >= 0.3 is 0 Å². The predicted molar refractivity (Wildman–Crippen MR) is 69.5 cm³/mol. The van der Waals surface area contributed by atoms with Crippen LogP contribution in [0.15, 0.2) is 9.98 Å². The van der Waals surface area contributed by atoms with Gasteiger partial charge in [0.1, 0.15) is 5.01 Å². The molecule has 0 amide bonds. The van der Waals surface area contributed by atoms with Crippen molar-refractivity contribution in [3.63, 3.8) is 0 Å². The average molecular weight is 313 g/mol. The van der Waals surface area contributed by atoms with E-state index < -0.39 is 0 Å². The van der Waals surface area contributed by atoms with Crippen molar-refractivity contribution in [2.45, 2.75) is 25.4 Å². The molecule has 0 atom stereocenters. The van der Waals surface area contributed by atoms with Crippen LogP contribution in [0, 0.1) is 0 Å². The number of nitrogens with zero attached hydrogens (tertiary/aromatic N) is 2. The zero-order valence-corrected chi connectivity index (χ0v) is 11.6. The van der Waals surface area contributed by atoms with E-state index >= 15 is 0 Å². The van der Waals surface area contributed by atoms with Gasteiger partial charge in [0, 0.05) is 19.1 Å². The van der Waals surface area contributed by atoms with E-state index in [1.54, 1.807) is 11.3 Å². The van der Waals surface area contributed by atoms with Crippen LogP contribution in [0.5, 0.6) is 0 Å². The average Bonchev–Trinajstić information content (AvgIpc) is 2.56. The molecule has 1 aliphatic rings. The summed E-state index contributed by atoms with van der Waals surface area (Å²) in [6.07, 6.45) is 4.11. The molecule has 0 bridgehead atoms. The molecule has 0 saturated carbocycles. The zero-order valence-electron chi connectivity index (χ0n) is 8.36. The fraction of sp³-hybridized carbons (Fsp3) is 0.667. The molecule has 6 heteroatoms. The maximum Gasteiger partial charge on any atom is 0.108 e. The van der Waals surface area contributed by atoms with E-state index in [0.29, 0.717) is 6.04 Å². The monoisotopic (exact) mass is 311 g/mol. The van der Waals surface area contributed by atoms with Gasteiger partial charge in [-0.15, -0.1) is 23.7 Å². The van der Waals surface area contributed by atoms with E-state index in [1.807, 2.05) is 6.20 Å². The molecular formula is C9H15BrClN3S. The number of piperidine rings is 1. The Morgan fingerprint density at radius 2 is 2.20 bits per heavy atom. The summed E-state index contributed by atoms with van der Waals surface area (Å²) in [5.41, 5.74) is 5.85. The quantitative estimate of drug-likeness (QED) is 0.911. The molecule has 2 rings (SSSR count). The van der Waals surface area contributed by atoms with E-state index in [4.69, 9.17) is 5.73 Å². The van der Waals surface area contributed by atoms with Crippen molar-refractivity contribution in [1.82, 2.24) is 9.88 Å². The molecule has 3 nitrogen and oxygen atoms in total. The minimum atomic E-state index is 0. The maximum atomic E-state index is 5.85. The molecule has 86 valence electrons. The van der Waals surface area contributed by atoms with Gasteiger partial charge in [0.05, 0.1) is 16.5 Å². The highest BCUT2D eigenvalue weighted by atomic mass is 79.9. The fourth-order valence-corrected chi connectivity index (χ4v) is 3.01. The zero-order chi connectivity index (χ0) is 9.97. The first-order valence-electron chi connectivity index (χ1n) is 4.82. The Balaban J connectivity index is 0.00000112. The number of aromatic nitrogens is 1. The van der Waals surface area contributed by atoms with Crippen LogP contribution in [-0.2, 0) is 6.54 Å². The smallest absolute Gasteiger partial charge is 0.108 e. The Morgan fingerprint density at radius 3 is 2.73 bits per heavy atom. The van der Waals surface area contributed by atoms with Crippen LogP contribution in [0.1, 0.15) is 17.8 Å². The molecule has 1 saturated heterocycles. The summed E-state index contributed by atoms with van der Waals surface area (Å²) in [7, 11) is 0. The second-order valence-corrected chi connectivity index (χ2v) is 6.17. The molecule has 1 fully saturated rings. The third-order valence-electron chi connectivity index (χ3n) is 2.52. The Hall–Kier alpha value is 0.320. The Morgan fingerprint density at radius 1 is 1.53 bits per heavy atom. The summed E-state index contributed by atoms with van der Waals surface area (Å²) >= 11 is 5.14. The van der Waals surface area contributed by atoms with Crippen LogP contribution in [0.4, 0.5) is 0 Å². The minimum Gasteiger partial charge on any atom is -0.328 e. The molecule has 0 radical (unpaired) electrons. The third kappa shape index (κ3) is 4.00. The van der Waals surface area contributed by atoms with Crippen molar-refractivity contribution >= 4 is 39.7 Å². The molecule has 0 aromatic carbocycles.